The molecular formula is C10H11N5. The minimum atomic E-state index is 0.431. The molecular weight excluding hydrogens is 190 g/mol. The Morgan fingerprint density at radius 2 is 2.07 bits per heavy atom. The number of nitrogens with one attached hydrogen (secondary N) is 1. The van der Waals surface area contributed by atoms with E-state index < -0.39 is 0 Å². The van der Waals surface area contributed by atoms with Crippen molar-refractivity contribution in [2.24, 2.45) is 0 Å². The lowest BCUT2D eigenvalue weighted by Gasteiger charge is -2.04. The summed E-state index contributed by atoms with van der Waals surface area (Å²) in [4.78, 5) is 12.1. The second kappa shape index (κ2) is 3.91. The molecule has 0 aromatic carbocycles. The Balaban J connectivity index is 2.22. The third-order valence-corrected chi connectivity index (χ3v) is 1.83. The number of pyridine rings is 1. The molecule has 0 aliphatic carbocycles. The average Bonchev–Trinajstić information content (AvgIpc) is 2.17. The van der Waals surface area contributed by atoms with Crippen LogP contribution in [0, 0.1) is 6.92 Å². The Hall–Kier alpha value is -2.17. The Morgan fingerprint density at radius 3 is 2.80 bits per heavy atom. The zero-order valence-electron chi connectivity index (χ0n) is 8.31. The predicted octanol–water partition coefficient (Wildman–Crippen LogP) is 1.51. The van der Waals surface area contributed by atoms with E-state index in [9.17, 15) is 0 Å². The minimum absolute atomic E-state index is 0.431. The number of hydrogen-bond donors (Lipinski definition) is 2. The number of aromatic nitrogens is 3. The summed E-state index contributed by atoms with van der Waals surface area (Å²) in [5.41, 5.74) is 6.48. The smallest absolute Gasteiger partial charge is 0.137 e. The first-order valence-corrected chi connectivity index (χ1v) is 4.52. The molecule has 0 aliphatic rings. The fourth-order valence-electron chi connectivity index (χ4n) is 1.18. The van der Waals surface area contributed by atoms with E-state index in [-0.39, 0.29) is 0 Å². The van der Waals surface area contributed by atoms with Crippen molar-refractivity contribution in [2.45, 2.75) is 6.92 Å². The van der Waals surface area contributed by atoms with E-state index in [1.165, 1.54) is 6.33 Å². The van der Waals surface area contributed by atoms with E-state index in [2.05, 4.69) is 20.3 Å². The number of nitrogens with two attached hydrogens (primary N) is 1. The highest BCUT2D eigenvalue weighted by Crippen LogP contribution is 2.12. The van der Waals surface area contributed by atoms with E-state index in [4.69, 9.17) is 5.73 Å². The zero-order chi connectivity index (χ0) is 10.7. The van der Waals surface area contributed by atoms with Gasteiger partial charge in [-0.15, -0.1) is 0 Å². The highest BCUT2D eigenvalue weighted by molar-refractivity contribution is 5.54. The monoisotopic (exact) mass is 201 g/mol. The maximum atomic E-state index is 5.53. The lowest BCUT2D eigenvalue weighted by Crippen LogP contribution is -1.99. The molecule has 0 unspecified atom stereocenters. The van der Waals surface area contributed by atoms with Gasteiger partial charge in [-0.25, -0.2) is 15.0 Å². The SMILES string of the molecule is Cc1cccc(Nc2cc(N)ncn2)n1. The van der Waals surface area contributed by atoms with Gasteiger partial charge in [0.2, 0.25) is 0 Å². The molecule has 0 saturated carbocycles. The Morgan fingerprint density at radius 1 is 1.20 bits per heavy atom. The molecule has 0 aliphatic heterocycles. The van der Waals surface area contributed by atoms with Gasteiger partial charge in [0.25, 0.3) is 0 Å². The molecule has 0 amide bonds. The number of nitrogen functional groups attached to an aromatic ring is 1. The molecule has 0 spiro atoms. The van der Waals surface area contributed by atoms with Crippen LogP contribution in [0.2, 0.25) is 0 Å². The lowest BCUT2D eigenvalue weighted by atomic mass is 10.4. The first-order valence-electron chi connectivity index (χ1n) is 4.52. The van der Waals surface area contributed by atoms with Gasteiger partial charge in [0, 0.05) is 11.8 Å². The molecule has 0 bridgehead atoms. The molecule has 0 radical (unpaired) electrons. The second-order valence-electron chi connectivity index (χ2n) is 3.12. The van der Waals surface area contributed by atoms with Crippen molar-refractivity contribution in [3.63, 3.8) is 0 Å². The van der Waals surface area contributed by atoms with Gasteiger partial charge in [-0.05, 0) is 19.1 Å². The molecule has 2 rings (SSSR count). The summed E-state index contributed by atoms with van der Waals surface area (Å²) in [5.74, 6) is 1.81. The van der Waals surface area contributed by atoms with Crippen LogP contribution in [0.5, 0.6) is 0 Å². The summed E-state index contributed by atoms with van der Waals surface area (Å²) >= 11 is 0. The first-order chi connectivity index (χ1) is 7.24. The number of rotatable bonds is 2. The van der Waals surface area contributed by atoms with Gasteiger partial charge >= 0.3 is 0 Å². The van der Waals surface area contributed by atoms with Crippen LogP contribution in [0.4, 0.5) is 17.5 Å². The fourth-order valence-corrected chi connectivity index (χ4v) is 1.18. The maximum Gasteiger partial charge on any atom is 0.137 e. The van der Waals surface area contributed by atoms with Gasteiger partial charge in [-0.2, -0.15) is 0 Å². The molecule has 2 aromatic rings. The van der Waals surface area contributed by atoms with E-state index in [0.717, 1.165) is 11.5 Å². The summed E-state index contributed by atoms with van der Waals surface area (Å²) in [7, 11) is 0. The van der Waals surface area contributed by atoms with Crippen molar-refractivity contribution in [3.05, 3.63) is 36.3 Å². The third kappa shape index (κ3) is 2.40. The van der Waals surface area contributed by atoms with Crippen LogP contribution in [0.1, 0.15) is 5.69 Å². The van der Waals surface area contributed by atoms with Crippen LogP contribution >= 0.6 is 0 Å². The zero-order valence-corrected chi connectivity index (χ0v) is 8.31. The molecule has 5 nitrogen and oxygen atoms in total. The summed E-state index contributed by atoms with van der Waals surface area (Å²) in [6.07, 6.45) is 1.41. The predicted molar refractivity (Wildman–Crippen MR) is 58.7 cm³/mol. The standard InChI is InChI=1S/C10H11N5/c1-7-3-2-4-9(14-7)15-10-5-8(11)12-6-13-10/h2-6H,1H3,(H3,11,12,13,14,15). The number of nitrogens with zero attached hydrogens (tertiary/aromatic N) is 3. The summed E-state index contributed by atoms with van der Waals surface area (Å²) in [6, 6.07) is 7.38. The van der Waals surface area contributed by atoms with Gasteiger partial charge in [0.05, 0.1) is 0 Å². The Kier molecular flexibility index (Phi) is 2.45. The van der Waals surface area contributed by atoms with Gasteiger partial charge in [-0.1, -0.05) is 6.07 Å². The molecule has 2 aromatic heterocycles. The van der Waals surface area contributed by atoms with Crippen LogP contribution < -0.4 is 11.1 Å². The van der Waals surface area contributed by atoms with Gasteiger partial charge in [-0.3, -0.25) is 0 Å². The Bertz CT molecular complexity index is 425. The maximum absolute atomic E-state index is 5.53. The van der Waals surface area contributed by atoms with Crippen LogP contribution in [-0.4, -0.2) is 15.0 Å². The highest BCUT2D eigenvalue weighted by Gasteiger charge is 1.97. The van der Waals surface area contributed by atoms with Crippen molar-refractivity contribution in [3.8, 4) is 0 Å². The van der Waals surface area contributed by atoms with E-state index in [1.807, 2.05) is 25.1 Å². The van der Waals surface area contributed by atoms with Gasteiger partial charge < -0.3 is 11.1 Å². The average molecular weight is 201 g/mol. The van der Waals surface area contributed by atoms with Crippen molar-refractivity contribution in [2.75, 3.05) is 11.1 Å². The van der Waals surface area contributed by atoms with Crippen LogP contribution in [0.25, 0.3) is 0 Å². The molecule has 0 saturated heterocycles. The van der Waals surface area contributed by atoms with Crippen molar-refractivity contribution >= 4 is 17.5 Å². The number of anilines is 3. The van der Waals surface area contributed by atoms with E-state index in [1.54, 1.807) is 6.07 Å². The minimum Gasteiger partial charge on any atom is -0.384 e. The number of aryl methyl sites for hydroxylation is 1. The van der Waals surface area contributed by atoms with E-state index >= 15 is 0 Å². The summed E-state index contributed by atoms with van der Waals surface area (Å²) in [6.45, 7) is 1.93. The summed E-state index contributed by atoms with van der Waals surface area (Å²) < 4.78 is 0. The molecule has 0 atom stereocenters. The topological polar surface area (TPSA) is 76.7 Å². The Labute approximate surface area is 87.4 Å². The quantitative estimate of drug-likeness (QED) is 0.770. The largest absolute Gasteiger partial charge is 0.384 e. The normalized spacial score (nSPS) is 9.93. The number of hydrogen-bond acceptors (Lipinski definition) is 5. The molecule has 5 heteroatoms. The van der Waals surface area contributed by atoms with Gasteiger partial charge in [0.15, 0.2) is 0 Å². The molecule has 2 heterocycles. The van der Waals surface area contributed by atoms with Crippen LogP contribution in [0.15, 0.2) is 30.6 Å². The highest BCUT2D eigenvalue weighted by atomic mass is 15.1. The van der Waals surface area contributed by atoms with Crippen molar-refractivity contribution < 1.29 is 0 Å². The van der Waals surface area contributed by atoms with Crippen molar-refractivity contribution in [1.29, 1.82) is 0 Å². The summed E-state index contributed by atoms with van der Waals surface area (Å²) in [5, 5.41) is 3.04. The third-order valence-electron chi connectivity index (χ3n) is 1.83. The first kappa shape index (κ1) is 9.39. The fraction of sp³-hybridized carbons (Fsp3) is 0.100. The lowest BCUT2D eigenvalue weighted by molar-refractivity contribution is 1.15. The second-order valence-corrected chi connectivity index (χ2v) is 3.12. The molecule has 0 fully saturated rings. The van der Waals surface area contributed by atoms with Crippen LogP contribution in [0.3, 0.4) is 0 Å². The molecule has 76 valence electrons. The molecule has 15 heavy (non-hydrogen) atoms. The van der Waals surface area contributed by atoms with Crippen molar-refractivity contribution in [1.82, 2.24) is 15.0 Å². The molecule has 3 N–H and O–H groups in total. The van der Waals surface area contributed by atoms with Crippen LogP contribution in [-0.2, 0) is 0 Å². The van der Waals surface area contributed by atoms with E-state index in [0.29, 0.717) is 11.6 Å². The van der Waals surface area contributed by atoms with Gasteiger partial charge in [0.1, 0.15) is 23.8 Å².